The highest BCUT2D eigenvalue weighted by Crippen LogP contribution is 2.28. The summed E-state index contributed by atoms with van der Waals surface area (Å²) in [7, 11) is 1.36. The van der Waals surface area contributed by atoms with Crippen LogP contribution in [0.25, 0.3) is 0 Å². The van der Waals surface area contributed by atoms with Gasteiger partial charge in [0.2, 0.25) is 0 Å². The number of rotatable bonds is 2. The Bertz CT molecular complexity index is 1020. The molecule has 0 spiro atoms. The molecule has 1 amide bonds. The lowest BCUT2D eigenvalue weighted by molar-refractivity contribution is -0.149. The van der Waals surface area contributed by atoms with Gasteiger partial charge in [0, 0.05) is 18.7 Å². The Morgan fingerprint density at radius 3 is 2.80 bits per heavy atom. The lowest BCUT2D eigenvalue weighted by Gasteiger charge is -2.27. The van der Waals surface area contributed by atoms with Crippen LogP contribution in [0.4, 0.5) is 4.79 Å². The van der Waals surface area contributed by atoms with E-state index in [2.05, 4.69) is 17.9 Å². The number of benzene rings is 2. The van der Waals surface area contributed by atoms with Gasteiger partial charge in [0.15, 0.2) is 12.7 Å². The maximum atomic E-state index is 12.3. The van der Waals surface area contributed by atoms with Crippen molar-refractivity contribution in [2.24, 2.45) is 0 Å². The highest BCUT2D eigenvalue weighted by molar-refractivity contribution is 5.75. The molecular weight excluding hydrogens is 382 g/mol. The Morgan fingerprint density at radius 1 is 1.13 bits per heavy atom. The van der Waals surface area contributed by atoms with Crippen molar-refractivity contribution in [1.82, 2.24) is 4.90 Å². The summed E-state index contributed by atoms with van der Waals surface area (Å²) in [5, 5.41) is 0. The van der Waals surface area contributed by atoms with Crippen molar-refractivity contribution >= 4 is 12.1 Å². The second-order valence-corrected chi connectivity index (χ2v) is 7.29. The number of aryl methyl sites for hydroxylation is 1. The van der Waals surface area contributed by atoms with E-state index in [9.17, 15) is 9.59 Å². The third-order valence-corrected chi connectivity index (χ3v) is 5.36. The number of nitrogens with zero attached hydrogens (tertiary/aromatic N) is 1. The van der Waals surface area contributed by atoms with Crippen LogP contribution < -0.4 is 4.74 Å². The number of fused-ring (bicyclic) bond motifs is 2. The maximum absolute atomic E-state index is 12.3. The minimum absolute atomic E-state index is 0.0367. The van der Waals surface area contributed by atoms with Crippen molar-refractivity contribution in [3.8, 4) is 17.6 Å². The van der Waals surface area contributed by atoms with Crippen LogP contribution in [0, 0.1) is 11.8 Å². The van der Waals surface area contributed by atoms with Gasteiger partial charge in [-0.05, 0) is 54.2 Å². The molecule has 1 atom stereocenters. The fourth-order valence-corrected chi connectivity index (χ4v) is 3.74. The fourth-order valence-electron chi connectivity index (χ4n) is 3.74. The first-order valence-corrected chi connectivity index (χ1v) is 9.99. The van der Waals surface area contributed by atoms with E-state index in [1.165, 1.54) is 12.7 Å². The Morgan fingerprint density at radius 2 is 1.97 bits per heavy atom. The van der Waals surface area contributed by atoms with E-state index in [0.717, 1.165) is 29.5 Å². The Balaban J connectivity index is 1.30. The summed E-state index contributed by atoms with van der Waals surface area (Å²) in [5.74, 6) is 6.24. The van der Waals surface area contributed by atoms with Gasteiger partial charge in [0.1, 0.15) is 5.75 Å². The molecule has 0 aliphatic carbocycles. The Kier molecular flexibility index (Phi) is 5.89. The number of esters is 1. The van der Waals surface area contributed by atoms with Gasteiger partial charge < -0.3 is 19.1 Å². The van der Waals surface area contributed by atoms with Gasteiger partial charge in [0.25, 0.3) is 0 Å². The standard InChI is InChI=1S/C24H23NO5/c1-28-23(26)22-11-9-19-15-17(8-10-21(19)30-22)5-4-14-29-24(27)25-13-12-18-6-2-3-7-20(18)16-25/h2-3,6-8,10,15,22H,9,11-14,16H2,1H3. The monoisotopic (exact) mass is 405 g/mol. The zero-order chi connectivity index (χ0) is 20.9. The third kappa shape index (κ3) is 4.41. The van der Waals surface area contributed by atoms with Crippen molar-refractivity contribution in [2.75, 3.05) is 20.3 Å². The molecule has 0 aromatic heterocycles. The lowest BCUT2D eigenvalue weighted by atomic mass is 10.00. The Labute approximate surface area is 175 Å². The van der Waals surface area contributed by atoms with E-state index in [0.29, 0.717) is 25.3 Å². The molecule has 0 N–H and O–H groups in total. The number of methoxy groups -OCH3 is 1. The minimum Gasteiger partial charge on any atom is -0.478 e. The number of ether oxygens (including phenoxy) is 3. The number of amides is 1. The summed E-state index contributed by atoms with van der Waals surface area (Å²) >= 11 is 0. The number of hydrogen-bond acceptors (Lipinski definition) is 5. The molecule has 0 saturated heterocycles. The first-order valence-electron chi connectivity index (χ1n) is 9.99. The van der Waals surface area contributed by atoms with Crippen LogP contribution in [0.3, 0.4) is 0 Å². The fraction of sp³-hybridized carbons (Fsp3) is 0.333. The van der Waals surface area contributed by atoms with Crippen LogP contribution in [0.1, 0.15) is 28.7 Å². The average molecular weight is 405 g/mol. The number of carbonyl (C=O) groups excluding carboxylic acids is 2. The van der Waals surface area contributed by atoms with Gasteiger partial charge >= 0.3 is 12.1 Å². The average Bonchev–Trinajstić information content (AvgIpc) is 2.80. The van der Waals surface area contributed by atoms with Gasteiger partial charge in [-0.25, -0.2) is 9.59 Å². The van der Waals surface area contributed by atoms with Crippen LogP contribution in [0.15, 0.2) is 42.5 Å². The predicted octanol–water partition coefficient (Wildman–Crippen LogP) is 3.10. The molecule has 2 aliphatic heterocycles. The van der Waals surface area contributed by atoms with E-state index >= 15 is 0 Å². The normalized spacial score (nSPS) is 16.8. The zero-order valence-corrected chi connectivity index (χ0v) is 16.8. The van der Waals surface area contributed by atoms with E-state index in [-0.39, 0.29) is 18.7 Å². The molecule has 6 heteroatoms. The van der Waals surface area contributed by atoms with Crippen molar-refractivity contribution in [3.05, 3.63) is 64.7 Å². The highest BCUT2D eigenvalue weighted by Gasteiger charge is 2.26. The van der Waals surface area contributed by atoms with Crippen LogP contribution in [-0.4, -0.2) is 43.3 Å². The molecule has 2 heterocycles. The summed E-state index contributed by atoms with van der Waals surface area (Å²) in [6, 6.07) is 13.7. The molecule has 30 heavy (non-hydrogen) atoms. The molecule has 2 aromatic rings. The minimum atomic E-state index is -0.555. The van der Waals surface area contributed by atoms with Gasteiger partial charge in [0.05, 0.1) is 7.11 Å². The molecule has 0 fully saturated rings. The second kappa shape index (κ2) is 8.91. The Hall–Kier alpha value is -3.46. The maximum Gasteiger partial charge on any atom is 0.411 e. The number of hydrogen-bond donors (Lipinski definition) is 0. The first kappa shape index (κ1) is 19.8. The van der Waals surface area contributed by atoms with Crippen molar-refractivity contribution < 1.29 is 23.8 Å². The van der Waals surface area contributed by atoms with Crippen LogP contribution in [-0.2, 0) is 33.7 Å². The van der Waals surface area contributed by atoms with Gasteiger partial charge in [-0.3, -0.25) is 0 Å². The topological polar surface area (TPSA) is 65.1 Å². The molecule has 2 aliphatic rings. The SMILES string of the molecule is COC(=O)C1CCc2cc(C#CCOC(=O)N3CCc4ccccc4C3)ccc2O1. The third-order valence-electron chi connectivity index (χ3n) is 5.36. The van der Waals surface area contributed by atoms with Crippen molar-refractivity contribution in [1.29, 1.82) is 0 Å². The van der Waals surface area contributed by atoms with E-state index in [4.69, 9.17) is 14.2 Å². The lowest BCUT2D eigenvalue weighted by Crippen LogP contribution is -2.36. The van der Waals surface area contributed by atoms with Crippen molar-refractivity contribution in [2.45, 2.75) is 31.9 Å². The molecule has 2 aromatic carbocycles. The van der Waals surface area contributed by atoms with E-state index in [1.54, 1.807) is 4.90 Å². The second-order valence-electron chi connectivity index (χ2n) is 7.29. The van der Waals surface area contributed by atoms with Crippen LogP contribution in [0.2, 0.25) is 0 Å². The van der Waals surface area contributed by atoms with Gasteiger partial charge in [-0.2, -0.15) is 0 Å². The molecule has 6 nitrogen and oxygen atoms in total. The summed E-state index contributed by atoms with van der Waals surface area (Å²) < 4.78 is 15.8. The molecule has 0 bridgehead atoms. The van der Waals surface area contributed by atoms with Crippen LogP contribution >= 0.6 is 0 Å². The number of carbonyl (C=O) groups is 2. The summed E-state index contributed by atoms with van der Waals surface area (Å²) in [6.45, 7) is 1.26. The molecule has 1 unspecified atom stereocenters. The van der Waals surface area contributed by atoms with E-state index in [1.807, 2.05) is 36.4 Å². The van der Waals surface area contributed by atoms with Crippen molar-refractivity contribution in [3.63, 3.8) is 0 Å². The molecule has 4 rings (SSSR count). The summed E-state index contributed by atoms with van der Waals surface area (Å²) in [6.07, 6.45) is 1.24. The first-order chi connectivity index (χ1) is 14.6. The quantitative estimate of drug-likeness (QED) is 0.568. The smallest absolute Gasteiger partial charge is 0.411 e. The van der Waals surface area contributed by atoms with E-state index < -0.39 is 6.10 Å². The molecular formula is C24H23NO5. The largest absolute Gasteiger partial charge is 0.478 e. The summed E-state index contributed by atoms with van der Waals surface area (Å²) in [4.78, 5) is 25.6. The molecule has 154 valence electrons. The van der Waals surface area contributed by atoms with Crippen LogP contribution in [0.5, 0.6) is 5.75 Å². The zero-order valence-electron chi connectivity index (χ0n) is 16.8. The molecule has 0 radical (unpaired) electrons. The molecule has 0 saturated carbocycles. The van der Waals surface area contributed by atoms with Gasteiger partial charge in [-0.1, -0.05) is 36.1 Å². The summed E-state index contributed by atoms with van der Waals surface area (Å²) in [5.41, 5.74) is 4.27. The highest BCUT2D eigenvalue weighted by atomic mass is 16.6. The van der Waals surface area contributed by atoms with Gasteiger partial charge in [-0.15, -0.1) is 0 Å². The predicted molar refractivity (Wildman–Crippen MR) is 110 cm³/mol.